The zero-order valence-corrected chi connectivity index (χ0v) is 10.7. The van der Waals surface area contributed by atoms with Crippen LogP contribution in [0.15, 0.2) is 0 Å². The Labute approximate surface area is 103 Å². The minimum Gasteiger partial charge on any atom is -0.381 e. The van der Waals surface area contributed by atoms with Gasteiger partial charge in [0, 0.05) is 19.6 Å². The predicted octanol–water partition coefficient (Wildman–Crippen LogP) is 1.19. The lowest BCUT2D eigenvalue weighted by Crippen LogP contribution is -2.43. The topological polar surface area (TPSA) is 64.3 Å². The van der Waals surface area contributed by atoms with Gasteiger partial charge in [0.25, 0.3) is 0 Å². The average molecular weight is 240 g/mol. The highest BCUT2D eigenvalue weighted by molar-refractivity contribution is 5.77. The Morgan fingerprint density at radius 2 is 2.24 bits per heavy atom. The molecule has 3 N–H and O–H groups in total. The fraction of sp³-hybridized carbons (Fsp3) is 0.923. The van der Waals surface area contributed by atoms with Crippen molar-refractivity contribution in [3.63, 3.8) is 0 Å². The Morgan fingerprint density at radius 3 is 2.71 bits per heavy atom. The summed E-state index contributed by atoms with van der Waals surface area (Å²) in [6, 6.07) is 0.308. The van der Waals surface area contributed by atoms with Crippen molar-refractivity contribution >= 4 is 5.91 Å². The summed E-state index contributed by atoms with van der Waals surface area (Å²) in [4.78, 5) is 12.0. The van der Waals surface area contributed by atoms with E-state index in [0.717, 1.165) is 32.1 Å². The van der Waals surface area contributed by atoms with E-state index in [4.69, 9.17) is 10.5 Å². The van der Waals surface area contributed by atoms with Gasteiger partial charge in [-0.3, -0.25) is 4.79 Å². The molecular formula is C13H24N2O2. The summed E-state index contributed by atoms with van der Waals surface area (Å²) in [6.45, 7) is 0.645. The van der Waals surface area contributed by atoms with Crippen LogP contribution in [0.25, 0.3) is 0 Å². The Kier molecular flexibility index (Phi) is 4.05. The Balaban J connectivity index is 1.74. The molecule has 2 rings (SSSR count). The number of ether oxygens (including phenoxy) is 1. The predicted molar refractivity (Wildman–Crippen MR) is 66.5 cm³/mol. The first-order valence-electron chi connectivity index (χ1n) is 6.70. The molecule has 2 saturated carbocycles. The normalized spacial score (nSPS) is 30.9. The number of amides is 1. The van der Waals surface area contributed by atoms with E-state index in [1.807, 2.05) is 0 Å². The van der Waals surface area contributed by atoms with Crippen LogP contribution < -0.4 is 11.1 Å². The van der Waals surface area contributed by atoms with Crippen molar-refractivity contribution in [3.05, 3.63) is 0 Å². The Hall–Kier alpha value is -0.610. The van der Waals surface area contributed by atoms with E-state index < -0.39 is 0 Å². The molecule has 2 aliphatic carbocycles. The summed E-state index contributed by atoms with van der Waals surface area (Å²) in [5.41, 5.74) is 5.88. The molecule has 98 valence electrons. The van der Waals surface area contributed by atoms with Gasteiger partial charge in [-0.25, -0.2) is 0 Å². The van der Waals surface area contributed by atoms with Crippen LogP contribution in [0.3, 0.4) is 0 Å². The molecule has 0 aromatic rings. The molecule has 2 atom stereocenters. The van der Waals surface area contributed by atoms with E-state index in [1.165, 1.54) is 6.42 Å². The molecule has 0 radical (unpaired) electrons. The number of rotatable bonds is 5. The third-order valence-corrected chi connectivity index (χ3v) is 4.47. The van der Waals surface area contributed by atoms with Gasteiger partial charge in [0.2, 0.25) is 5.91 Å². The van der Waals surface area contributed by atoms with Crippen molar-refractivity contribution in [1.82, 2.24) is 5.32 Å². The highest BCUT2D eigenvalue weighted by Gasteiger charge is 2.38. The summed E-state index contributed by atoms with van der Waals surface area (Å²) < 4.78 is 5.31. The number of carbonyl (C=O) groups excluding carboxylic acids is 1. The molecule has 0 aromatic carbocycles. The van der Waals surface area contributed by atoms with Crippen LogP contribution in [-0.2, 0) is 9.53 Å². The summed E-state index contributed by atoms with van der Waals surface area (Å²) in [6.07, 6.45) is 7.44. The molecule has 0 bridgehead atoms. The molecule has 1 amide bonds. The second-order valence-electron chi connectivity index (χ2n) is 5.67. The number of methoxy groups -OCH3 is 1. The van der Waals surface area contributed by atoms with Gasteiger partial charge in [0.05, 0.1) is 6.10 Å². The van der Waals surface area contributed by atoms with Gasteiger partial charge < -0.3 is 15.8 Å². The number of nitrogens with one attached hydrogen (secondary N) is 1. The Morgan fingerprint density at radius 1 is 1.47 bits per heavy atom. The van der Waals surface area contributed by atoms with Gasteiger partial charge in [-0.05, 0) is 44.1 Å². The monoisotopic (exact) mass is 240 g/mol. The zero-order valence-electron chi connectivity index (χ0n) is 10.7. The third-order valence-electron chi connectivity index (χ3n) is 4.47. The highest BCUT2D eigenvalue weighted by Crippen LogP contribution is 2.42. The molecule has 0 aromatic heterocycles. The van der Waals surface area contributed by atoms with Gasteiger partial charge in [-0.1, -0.05) is 6.42 Å². The van der Waals surface area contributed by atoms with Crippen LogP contribution in [0.5, 0.6) is 0 Å². The van der Waals surface area contributed by atoms with E-state index in [0.29, 0.717) is 25.1 Å². The molecule has 2 fully saturated rings. The summed E-state index contributed by atoms with van der Waals surface area (Å²) in [5.74, 6) is 0.178. The lowest BCUT2D eigenvalue weighted by Gasteiger charge is -2.40. The van der Waals surface area contributed by atoms with Gasteiger partial charge in [0.15, 0.2) is 0 Å². The van der Waals surface area contributed by atoms with Gasteiger partial charge in [-0.2, -0.15) is 0 Å². The molecule has 2 unspecified atom stereocenters. The molecule has 0 saturated heterocycles. The summed E-state index contributed by atoms with van der Waals surface area (Å²) in [7, 11) is 1.74. The SMILES string of the molecule is COC1CCC(NC(=O)CC2(CN)CCC2)C1. The van der Waals surface area contributed by atoms with Crippen LogP contribution in [0, 0.1) is 5.41 Å². The molecule has 17 heavy (non-hydrogen) atoms. The number of nitrogens with two attached hydrogens (primary N) is 1. The van der Waals surface area contributed by atoms with E-state index in [1.54, 1.807) is 7.11 Å². The van der Waals surface area contributed by atoms with Gasteiger partial charge >= 0.3 is 0 Å². The first-order valence-corrected chi connectivity index (χ1v) is 6.70. The van der Waals surface area contributed by atoms with Crippen molar-refractivity contribution in [2.75, 3.05) is 13.7 Å². The standard InChI is InChI=1S/C13H24N2O2/c1-17-11-4-3-10(7-11)15-12(16)8-13(9-14)5-2-6-13/h10-11H,2-9,14H2,1H3,(H,15,16). The maximum atomic E-state index is 12.0. The minimum atomic E-state index is 0.114. The molecule has 2 aliphatic rings. The van der Waals surface area contributed by atoms with Crippen molar-refractivity contribution in [2.24, 2.45) is 11.1 Å². The summed E-state index contributed by atoms with van der Waals surface area (Å²) in [5, 5.41) is 3.13. The molecular weight excluding hydrogens is 216 g/mol. The van der Waals surface area contributed by atoms with Crippen LogP contribution in [0.2, 0.25) is 0 Å². The smallest absolute Gasteiger partial charge is 0.220 e. The molecule has 0 heterocycles. The number of hydrogen-bond donors (Lipinski definition) is 2. The maximum absolute atomic E-state index is 12.0. The van der Waals surface area contributed by atoms with Gasteiger partial charge in [0.1, 0.15) is 0 Å². The van der Waals surface area contributed by atoms with E-state index in [-0.39, 0.29) is 11.3 Å². The highest BCUT2D eigenvalue weighted by atomic mass is 16.5. The molecule has 0 spiro atoms. The molecule has 4 heteroatoms. The molecule has 4 nitrogen and oxygen atoms in total. The largest absolute Gasteiger partial charge is 0.381 e. The minimum absolute atomic E-state index is 0.114. The van der Waals surface area contributed by atoms with Crippen molar-refractivity contribution < 1.29 is 9.53 Å². The quantitative estimate of drug-likeness (QED) is 0.758. The van der Waals surface area contributed by atoms with Crippen LogP contribution in [0.1, 0.15) is 44.9 Å². The first kappa shape index (κ1) is 12.8. The van der Waals surface area contributed by atoms with Crippen LogP contribution in [0.4, 0.5) is 0 Å². The van der Waals surface area contributed by atoms with Crippen LogP contribution in [-0.4, -0.2) is 31.7 Å². The second kappa shape index (κ2) is 5.36. The van der Waals surface area contributed by atoms with E-state index in [2.05, 4.69) is 5.32 Å². The number of carbonyl (C=O) groups is 1. The van der Waals surface area contributed by atoms with Crippen molar-refractivity contribution in [1.29, 1.82) is 0 Å². The van der Waals surface area contributed by atoms with Crippen molar-refractivity contribution in [3.8, 4) is 0 Å². The van der Waals surface area contributed by atoms with E-state index in [9.17, 15) is 4.79 Å². The first-order chi connectivity index (χ1) is 8.17. The van der Waals surface area contributed by atoms with E-state index >= 15 is 0 Å². The number of hydrogen-bond acceptors (Lipinski definition) is 3. The second-order valence-corrected chi connectivity index (χ2v) is 5.67. The fourth-order valence-corrected chi connectivity index (χ4v) is 3.03. The Bertz CT molecular complexity index is 271. The maximum Gasteiger partial charge on any atom is 0.220 e. The molecule has 0 aliphatic heterocycles. The van der Waals surface area contributed by atoms with Gasteiger partial charge in [-0.15, -0.1) is 0 Å². The third kappa shape index (κ3) is 2.99. The summed E-state index contributed by atoms with van der Waals surface area (Å²) >= 11 is 0. The van der Waals surface area contributed by atoms with Crippen molar-refractivity contribution in [2.45, 2.75) is 57.1 Å². The fourth-order valence-electron chi connectivity index (χ4n) is 3.03. The average Bonchev–Trinajstić information content (AvgIpc) is 2.71. The lowest BCUT2D eigenvalue weighted by atomic mass is 9.66. The zero-order chi connectivity index (χ0) is 12.3. The van der Waals surface area contributed by atoms with Crippen LogP contribution >= 0.6 is 0 Å². The lowest BCUT2D eigenvalue weighted by molar-refractivity contribution is -0.125.